The molecular weight excluding hydrogens is 386 g/mol. The highest BCUT2D eigenvalue weighted by atomic mass is 16.8. The van der Waals surface area contributed by atoms with Gasteiger partial charge in [0.05, 0.1) is 11.3 Å². The van der Waals surface area contributed by atoms with Crippen LogP contribution in [0.25, 0.3) is 5.57 Å². The molecule has 0 spiro atoms. The van der Waals surface area contributed by atoms with Gasteiger partial charge in [0.2, 0.25) is 0 Å². The molecule has 30 heavy (non-hydrogen) atoms. The number of nitrogens with one attached hydrogen (secondary N) is 1. The number of nitrogens with zero attached hydrogens (tertiary/aromatic N) is 2. The van der Waals surface area contributed by atoms with E-state index < -0.39 is 17.8 Å². The summed E-state index contributed by atoms with van der Waals surface area (Å²) in [5, 5.41) is 19.3. The molecule has 1 heterocycles. The van der Waals surface area contributed by atoms with Crippen LogP contribution < -0.4 is 10.1 Å². The number of anilines is 1. The topological polar surface area (TPSA) is 97.6 Å². The molecule has 2 aromatic carbocycles. The number of esters is 1. The molecule has 8 nitrogen and oxygen atoms in total. The molecule has 0 radical (unpaired) electrons. The van der Waals surface area contributed by atoms with E-state index in [2.05, 4.69) is 0 Å². The molecule has 1 aliphatic heterocycles. The summed E-state index contributed by atoms with van der Waals surface area (Å²) in [5.74, 6) is -1.01. The summed E-state index contributed by atoms with van der Waals surface area (Å²) in [6.07, 6.45) is 2.74. The largest absolute Gasteiger partial charge is 0.595 e. The predicted octanol–water partition coefficient (Wildman–Crippen LogP) is 1.63. The lowest BCUT2D eigenvalue weighted by molar-refractivity contribution is -0.991. The van der Waals surface area contributed by atoms with E-state index >= 15 is 0 Å². The van der Waals surface area contributed by atoms with Crippen LogP contribution in [0.3, 0.4) is 0 Å². The minimum absolute atomic E-state index is 0.0199. The predicted molar refractivity (Wildman–Crippen MR) is 112 cm³/mol. The van der Waals surface area contributed by atoms with Gasteiger partial charge >= 0.3 is 5.97 Å². The van der Waals surface area contributed by atoms with Crippen LogP contribution in [0.4, 0.5) is 11.4 Å². The highest BCUT2D eigenvalue weighted by Crippen LogP contribution is 2.23. The van der Waals surface area contributed by atoms with Gasteiger partial charge in [0.1, 0.15) is 0 Å². The van der Waals surface area contributed by atoms with E-state index in [1.807, 2.05) is 36.4 Å². The molecule has 2 aromatic rings. The highest BCUT2D eigenvalue weighted by Gasteiger charge is 2.22. The highest BCUT2D eigenvalue weighted by molar-refractivity contribution is 5.97. The average molecular weight is 411 g/mol. The van der Waals surface area contributed by atoms with Gasteiger partial charge in [-0.2, -0.15) is 5.23 Å². The van der Waals surface area contributed by atoms with Crippen LogP contribution in [0.5, 0.6) is 0 Å². The minimum Gasteiger partial charge on any atom is -0.595 e. The first-order valence-electron chi connectivity index (χ1n) is 9.61. The molecule has 1 aliphatic rings. The van der Waals surface area contributed by atoms with Crippen molar-refractivity contribution in [3.05, 3.63) is 70.9 Å². The number of carbonyl (C=O) groups is 2. The van der Waals surface area contributed by atoms with E-state index in [0.29, 0.717) is 18.8 Å². The number of amides is 1. The van der Waals surface area contributed by atoms with Crippen LogP contribution in [0.1, 0.15) is 22.3 Å². The number of carbonyl (C=O) groups excluding carboxylic acids is 2. The van der Waals surface area contributed by atoms with Crippen molar-refractivity contribution >= 4 is 28.8 Å². The SMILES string of the molecule is CN(C)c1ccc([NH+]([O-])O)cc1C(=O)OCC(=O)N1CC=C(c2ccccc2)CC1. The van der Waals surface area contributed by atoms with Gasteiger partial charge in [0.25, 0.3) is 5.91 Å². The van der Waals surface area contributed by atoms with Crippen molar-refractivity contribution in [3.8, 4) is 0 Å². The molecule has 0 aromatic heterocycles. The first kappa shape index (κ1) is 21.5. The van der Waals surface area contributed by atoms with Gasteiger partial charge in [-0.3, -0.25) is 4.79 Å². The molecule has 0 bridgehead atoms. The van der Waals surface area contributed by atoms with Gasteiger partial charge in [-0.25, -0.2) is 10.0 Å². The zero-order valence-corrected chi connectivity index (χ0v) is 17.0. The van der Waals surface area contributed by atoms with Gasteiger partial charge in [-0.1, -0.05) is 36.4 Å². The zero-order chi connectivity index (χ0) is 21.7. The van der Waals surface area contributed by atoms with E-state index in [1.54, 1.807) is 30.0 Å². The van der Waals surface area contributed by atoms with Crippen molar-refractivity contribution in [3.63, 3.8) is 0 Å². The Labute approximate surface area is 175 Å². The Hall–Kier alpha value is -3.20. The molecule has 0 aliphatic carbocycles. The normalized spacial score (nSPS) is 14.7. The second-order valence-corrected chi connectivity index (χ2v) is 7.19. The number of ether oxygens (including phenoxy) is 1. The van der Waals surface area contributed by atoms with Crippen molar-refractivity contribution in [1.29, 1.82) is 0 Å². The molecule has 2 N–H and O–H groups in total. The summed E-state index contributed by atoms with van der Waals surface area (Å²) in [5.41, 5.74) is 2.94. The maximum Gasteiger partial charge on any atom is 0.340 e. The third-order valence-corrected chi connectivity index (χ3v) is 4.98. The molecule has 1 amide bonds. The Morgan fingerprint density at radius 1 is 1.20 bits per heavy atom. The number of hydrogen-bond donors (Lipinski definition) is 2. The molecule has 158 valence electrons. The van der Waals surface area contributed by atoms with Crippen molar-refractivity contribution < 1.29 is 24.8 Å². The molecule has 8 heteroatoms. The Kier molecular flexibility index (Phi) is 6.83. The second kappa shape index (κ2) is 9.53. The van der Waals surface area contributed by atoms with Gasteiger partial charge in [0.15, 0.2) is 12.3 Å². The second-order valence-electron chi connectivity index (χ2n) is 7.19. The molecule has 3 rings (SSSR count). The van der Waals surface area contributed by atoms with E-state index in [4.69, 9.17) is 4.74 Å². The quantitative estimate of drug-likeness (QED) is 0.554. The number of benzene rings is 2. The maximum atomic E-state index is 12.5. The lowest BCUT2D eigenvalue weighted by Crippen LogP contribution is -2.99. The number of rotatable bonds is 6. The summed E-state index contributed by atoms with van der Waals surface area (Å²) in [7, 11) is 3.48. The van der Waals surface area contributed by atoms with Gasteiger partial charge in [-0.05, 0) is 23.6 Å². The van der Waals surface area contributed by atoms with Crippen LogP contribution in [0.2, 0.25) is 0 Å². The van der Waals surface area contributed by atoms with E-state index in [9.17, 15) is 20.0 Å². The summed E-state index contributed by atoms with van der Waals surface area (Å²) >= 11 is 0. The standard InChI is InChI=1S/C22H25N3O5/c1-23(2)20-9-8-18(25(28)29)14-19(20)22(27)30-15-21(26)24-12-10-17(11-13-24)16-6-4-3-5-7-16/h3-10,14,25,28H,11-13,15H2,1-2H3. The summed E-state index contributed by atoms with van der Waals surface area (Å²) < 4.78 is 5.21. The smallest absolute Gasteiger partial charge is 0.340 e. The van der Waals surface area contributed by atoms with Gasteiger partial charge in [-0.15, -0.1) is 0 Å². The van der Waals surface area contributed by atoms with Crippen molar-refractivity contribution in [1.82, 2.24) is 4.90 Å². The number of hydrogen-bond acceptors (Lipinski definition) is 6. The van der Waals surface area contributed by atoms with Crippen molar-refractivity contribution in [2.24, 2.45) is 0 Å². The monoisotopic (exact) mass is 411 g/mol. The Bertz CT molecular complexity index is 941. The van der Waals surface area contributed by atoms with Gasteiger partial charge in [0, 0.05) is 39.3 Å². The van der Waals surface area contributed by atoms with Crippen LogP contribution in [0, 0.1) is 5.21 Å². The summed E-state index contributed by atoms with van der Waals surface area (Å²) in [6, 6.07) is 14.2. The lowest BCUT2D eigenvalue weighted by atomic mass is 10.00. The molecule has 1 atom stereocenters. The van der Waals surface area contributed by atoms with Crippen LogP contribution in [-0.2, 0) is 9.53 Å². The lowest BCUT2D eigenvalue weighted by Gasteiger charge is -2.26. The Morgan fingerprint density at radius 3 is 2.53 bits per heavy atom. The first-order chi connectivity index (χ1) is 14.4. The molecule has 0 saturated carbocycles. The van der Waals surface area contributed by atoms with E-state index in [-0.39, 0.29) is 17.2 Å². The fourth-order valence-corrected chi connectivity index (χ4v) is 3.33. The number of quaternary nitrogens is 1. The molecule has 0 fully saturated rings. The van der Waals surface area contributed by atoms with Crippen LogP contribution in [0.15, 0.2) is 54.6 Å². The van der Waals surface area contributed by atoms with Crippen molar-refractivity contribution in [2.75, 3.05) is 38.7 Å². The fraction of sp³-hybridized carbons (Fsp3) is 0.273. The van der Waals surface area contributed by atoms with E-state index in [0.717, 1.165) is 12.0 Å². The Balaban J connectivity index is 1.62. The van der Waals surface area contributed by atoms with Crippen LogP contribution >= 0.6 is 0 Å². The van der Waals surface area contributed by atoms with Crippen LogP contribution in [-0.4, -0.2) is 55.8 Å². The summed E-state index contributed by atoms with van der Waals surface area (Å²) in [6.45, 7) is 0.615. The molecular formula is C22H25N3O5. The maximum absolute atomic E-state index is 12.5. The summed E-state index contributed by atoms with van der Waals surface area (Å²) in [4.78, 5) is 28.4. The van der Waals surface area contributed by atoms with Crippen molar-refractivity contribution in [2.45, 2.75) is 6.42 Å². The third-order valence-electron chi connectivity index (χ3n) is 4.98. The molecule has 0 saturated heterocycles. The van der Waals surface area contributed by atoms with E-state index in [1.165, 1.54) is 17.7 Å². The average Bonchev–Trinajstić information content (AvgIpc) is 2.77. The minimum atomic E-state index is -1.14. The fourth-order valence-electron chi connectivity index (χ4n) is 3.33. The molecule has 1 unspecified atom stereocenters. The zero-order valence-electron chi connectivity index (χ0n) is 17.0. The first-order valence-corrected chi connectivity index (χ1v) is 9.61. The third kappa shape index (κ3) is 5.04. The Morgan fingerprint density at radius 2 is 1.93 bits per heavy atom. The van der Waals surface area contributed by atoms with Gasteiger partial charge < -0.3 is 19.7 Å².